The van der Waals surface area contributed by atoms with Crippen molar-refractivity contribution in [3.05, 3.63) is 16.0 Å². The fraction of sp³-hybridized carbons (Fsp3) is 0.400. The number of thiophene rings is 1. The molecule has 1 heterocycles. The van der Waals surface area contributed by atoms with Crippen LogP contribution in [-0.4, -0.2) is 15.7 Å². The first kappa shape index (κ1) is 12.1. The second-order valence-corrected chi connectivity index (χ2v) is 5.98. The van der Waals surface area contributed by atoms with Crippen molar-refractivity contribution in [2.45, 2.75) is 25.0 Å². The lowest BCUT2D eigenvalue weighted by Crippen LogP contribution is -1.93. The molecule has 0 saturated heterocycles. The topological polar surface area (TPSA) is 57.9 Å². The molecular weight excluding hydrogens is 230 g/mol. The number of carbonyl (C=O) groups excluding carboxylic acids is 1. The van der Waals surface area contributed by atoms with Crippen molar-refractivity contribution in [1.29, 1.82) is 5.26 Å². The fourth-order valence-corrected chi connectivity index (χ4v) is 3.79. The third-order valence-electron chi connectivity index (χ3n) is 2.02. The van der Waals surface area contributed by atoms with E-state index in [1.165, 1.54) is 18.3 Å². The highest BCUT2D eigenvalue weighted by Gasteiger charge is 2.20. The van der Waals surface area contributed by atoms with E-state index in [4.69, 9.17) is 5.26 Å². The molecule has 0 aromatic carbocycles. The van der Waals surface area contributed by atoms with E-state index in [0.717, 1.165) is 0 Å². The number of nitrogens with zero attached hydrogens (tertiary/aromatic N) is 1. The zero-order valence-corrected chi connectivity index (χ0v) is 10.4. The molecule has 1 aromatic rings. The summed E-state index contributed by atoms with van der Waals surface area (Å²) in [6.45, 7) is 4.97. The molecule has 0 saturated carbocycles. The van der Waals surface area contributed by atoms with E-state index in [9.17, 15) is 9.00 Å². The molecule has 15 heavy (non-hydrogen) atoms. The lowest BCUT2D eigenvalue weighted by Gasteiger charge is -1.93. The normalized spacial score (nSPS) is 12.1. The van der Waals surface area contributed by atoms with Gasteiger partial charge in [-0.25, -0.2) is 0 Å². The second kappa shape index (κ2) is 4.69. The molecule has 80 valence electrons. The van der Waals surface area contributed by atoms with E-state index in [2.05, 4.69) is 0 Å². The van der Waals surface area contributed by atoms with Crippen LogP contribution in [0.5, 0.6) is 0 Å². The second-order valence-electron chi connectivity index (χ2n) is 3.02. The molecule has 1 aromatic heterocycles. The Hall–Kier alpha value is -0.990. The Morgan fingerprint density at radius 3 is 2.60 bits per heavy atom. The minimum Gasteiger partial charge on any atom is -0.294 e. The summed E-state index contributed by atoms with van der Waals surface area (Å²) >= 11 is 1.18. The quantitative estimate of drug-likeness (QED) is 0.763. The molecular formula is C10H11NO2S2. The van der Waals surface area contributed by atoms with Gasteiger partial charge in [-0.2, -0.15) is 5.26 Å². The molecule has 0 aliphatic rings. The van der Waals surface area contributed by atoms with Gasteiger partial charge in [0.15, 0.2) is 5.78 Å². The van der Waals surface area contributed by atoms with E-state index in [1.54, 1.807) is 13.8 Å². The van der Waals surface area contributed by atoms with Gasteiger partial charge in [0, 0.05) is 5.75 Å². The van der Waals surface area contributed by atoms with Gasteiger partial charge in [-0.3, -0.25) is 9.00 Å². The SMILES string of the molecule is CCS(=O)c1sc(C(C)=O)c(C)c1C#N. The Kier molecular flexibility index (Phi) is 3.77. The van der Waals surface area contributed by atoms with Crippen molar-refractivity contribution in [1.82, 2.24) is 0 Å². The average molecular weight is 241 g/mol. The number of hydrogen-bond acceptors (Lipinski definition) is 4. The maximum Gasteiger partial charge on any atom is 0.170 e. The Bertz CT molecular complexity index is 469. The largest absolute Gasteiger partial charge is 0.294 e. The van der Waals surface area contributed by atoms with Crippen molar-refractivity contribution in [3.8, 4) is 6.07 Å². The number of nitriles is 1. The molecule has 0 amide bonds. The first-order valence-electron chi connectivity index (χ1n) is 4.45. The monoisotopic (exact) mass is 241 g/mol. The van der Waals surface area contributed by atoms with E-state index >= 15 is 0 Å². The summed E-state index contributed by atoms with van der Waals surface area (Å²) in [4.78, 5) is 11.8. The summed E-state index contributed by atoms with van der Waals surface area (Å²) in [5.41, 5.74) is 1.07. The number of carbonyl (C=O) groups is 1. The third-order valence-corrected chi connectivity index (χ3v) is 5.15. The molecule has 0 N–H and O–H groups in total. The average Bonchev–Trinajstić information content (AvgIpc) is 2.54. The molecule has 0 bridgehead atoms. The zero-order chi connectivity index (χ0) is 11.6. The van der Waals surface area contributed by atoms with Gasteiger partial charge in [0.05, 0.1) is 21.2 Å². The van der Waals surface area contributed by atoms with Crippen molar-refractivity contribution >= 4 is 27.9 Å². The molecule has 1 rings (SSSR count). The van der Waals surface area contributed by atoms with Crippen LogP contribution < -0.4 is 0 Å². The minimum atomic E-state index is -1.16. The van der Waals surface area contributed by atoms with Crippen molar-refractivity contribution in [2.75, 3.05) is 5.75 Å². The lowest BCUT2D eigenvalue weighted by molar-refractivity contribution is 0.102. The third kappa shape index (κ3) is 2.16. The van der Waals surface area contributed by atoms with Crippen LogP contribution in [0.3, 0.4) is 0 Å². The van der Waals surface area contributed by atoms with Crippen LogP contribution in [-0.2, 0) is 10.8 Å². The van der Waals surface area contributed by atoms with Gasteiger partial charge in [0.25, 0.3) is 0 Å². The van der Waals surface area contributed by atoms with E-state index in [0.29, 0.717) is 26.0 Å². The first-order valence-corrected chi connectivity index (χ1v) is 6.59. The van der Waals surface area contributed by atoms with E-state index in [-0.39, 0.29) is 5.78 Å². The van der Waals surface area contributed by atoms with Crippen LogP contribution in [0.15, 0.2) is 4.21 Å². The van der Waals surface area contributed by atoms with Crippen LogP contribution in [0.1, 0.15) is 34.6 Å². The van der Waals surface area contributed by atoms with Gasteiger partial charge >= 0.3 is 0 Å². The molecule has 0 aliphatic carbocycles. The number of hydrogen-bond donors (Lipinski definition) is 0. The van der Waals surface area contributed by atoms with E-state index in [1.807, 2.05) is 6.07 Å². The van der Waals surface area contributed by atoms with E-state index < -0.39 is 10.8 Å². The molecule has 3 nitrogen and oxygen atoms in total. The molecule has 0 aliphatic heterocycles. The standard InChI is InChI=1S/C10H11NO2S2/c1-4-15(13)10-8(5-11)6(2)9(14-10)7(3)12/h4H2,1-3H3. The molecule has 1 atom stereocenters. The molecule has 0 spiro atoms. The van der Waals surface area contributed by atoms with Gasteiger partial charge in [-0.1, -0.05) is 6.92 Å². The Morgan fingerprint density at radius 2 is 2.20 bits per heavy atom. The van der Waals surface area contributed by atoms with Crippen molar-refractivity contribution < 1.29 is 9.00 Å². The number of rotatable bonds is 3. The summed E-state index contributed by atoms with van der Waals surface area (Å²) in [7, 11) is -1.16. The molecule has 0 fully saturated rings. The van der Waals surface area contributed by atoms with Gasteiger partial charge in [0.2, 0.25) is 0 Å². The highest BCUT2D eigenvalue weighted by atomic mass is 32.2. The summed E-state index contributed by atoms with van der Waals surface area (Å²) in [6.07, 6.45) is 0. The highest BCUT2D eigenvalue weighted by molar-refractivity contribution is 7.87. The van der Waals surface area contributed by atoms with Crippen LogP contribution in [0.4, 0.5) is 0 Å². The van der Waals surface area contributed by atoms with Crippen molar-refractivity contribution in [3.63, 3.8) is 0 Å². The fourth-order valence-electron chi connectivity index (χ4n) is 1.24. The minimum absolute atomic E-state index is 0.0756. The van der Waals surface area contributed by atoms with Crippen LogP contribution in [0.25, 0.3) is 0 Å². The van der Waals surface area contributed by atoms with Gasteiger partial charge < -0.3 is 0 Å². The van der Waals surface area contributed by atoms with Crippen LogP contribution >= 0.6 is 11.3 Å². The number of ketones is 1. The van der Waals surface area contributed by atoms with Gasteiger partial charge in [-0.15, -0.1) is 11.3 Å². The molecule has 1 unspecified atom stereocenters. The predicted molar refractivity (Wildman–Crippen MR) is 60.7 cm³/mol. The van der Waals surface area contributed by atoms with Crippen LogP contribution in [0.2, 0.25) is 0 Å². The highest BCUT2D eigenvalue weighted by Crippen LogP contribution is 2.30. The maximum atomic E-state index is 11.6. The van der Waals surface area contributed by atoms with Crippen LogP contribution in [0, 0.1) is 18.3 Å². The van der Waals surface area contributed by atoms with Gasteiger partial charge in [-0.05, 0) is 19.4 Å². The Balaban J connectivity index is 3.42. The summed E-state index contributed by atoms with van der Waals surface area (Å²) in [5.74, 6) is 0.389. The summed E-state index contributed by atoms with van der Waals surface area (Å²) in [6, 6.07) is 2.02. The Labute approximate surface area is 95.2 Å². The molecule has 5 heteroatoms. The smallest absolute Gasteiger partial charge is 0.170 e. The molecule has 0 radical (unpaired) electrons. The number of Topliss-reactive ketones (excluding diaryl/α,β-unsaturated/α-hetero) is 1. The maximum absolute atomic E-state index is 11.6. The van der Waals surface area contributed by atoms with Gasteiger partial charge in [0.1, 0.15) is 10.3 Å². The van der Waals surface area contributed by atoms with Crippen molar-refractivity contribution in [2.24, 2.45) is 0 Å². The first-order chi connectivity index (χ1) is 7.02. The summed E-state index contributed by atoms with van der Waals surface area (Å²) < 4.78 is 12.2. The predicted octanol–water partition coefficient (Wildman–Crippen LogP) is 2.26. The summed E-state index contributed by atoms with van der Waals surface area (Å²) in [5, 5.41) is 8.95. The Morgan fingerprint density at radius 1 is 1.60 bits per heavy atom. The lowest BCUT2D eigenvalue weighted by atomic mass is 10.1. The zero-order valence-electron chi connectivity index (χ0n) is 8.79.